The second kappa shape index (κ2) is 5.23. The van der Waals surface area contributed by atoms with Crippen LogP contribution in [0, 0.1) is 29.1 Å². The second-order valence-electron chi connectivity index (χ2n) is 2.48. The monoisotopic (exact) mass is 264 g/mol. The van der Waals surface area contributed by atoms with E-state index in [0.29, 0.717) is 0 Å². The predicted octanol–water partition coefficient (Wildman–Crippen LogP) is 2.55. The normalized spacial score (nSPS) is 10.5. The van der Waals surface area contributed by atoms with Crippen LogP contribution >= 0.6 is 0 Å². The van der Waals surface area contributed by atoms with E-state index in [1.807, 2.05) is 0 Å². The highest BCUT2D eigenvalue weighted by atomic mass is 19.3. The van der Waals surface area contributed by atoms with Crippen molar-refractivity contribution >= 4 is 7.32 Å². The van der Waals surface area contributed by atoms with E-state index in [2.05, 4.69) is 14.4 Å². The van der Waals surface area contributed by atoms with Crippen LogP contribution in [0.3, 0.4) is 0 Å². The van der Waals surface area contributed by atoms with Crippen molar-refractivity contribution in [2.75, 3.05) is 0 Å². The largest absolute Gasteiger partial charge is 0.778 e. The number of hydrogen-bond acceptors (Lipinski definition) is 3. The lowest BCUT2D eigenvalue weighted by molar-refractivity contribution is -0.130. The molecule has 0 N–H and O–H groups in total. The Balaban J connectivity index is 3.24. The first-order valence-corrected chi connectivity index (χ1v) is 3.66. The first kappa shape index (κ1) is 13.6. The van der Waals surface area contributed by atoms with E-state index in [-0.39, 0.29) is 0 Å². The average Bonchev–Trinajstić information content (AvgIpc) is 2.34. The van der Waals surface area contributed by atoms with Gasteiger partial charge in [0.1, 0.15) is 0 Å². The summed E-state index contributed by atoms with van der Waals surface area (Å²) in [7, 11) is -2.93. The van der Waals surface area contributed by atoms with E-state index in [1.54, 1.807) is 0 Å². The molecule has 11 heteroatoms. The van der Waals surface area contributed by atoms with Crippen LogP contribution in [0.4, 0.5) is 31.0 Å². The molecule has 0 atom stereocenters. The highest BCUT2D eigenvalue weighted by Crippen LogP contribution is 2.29. The summed E-state index contributed by atoms with van der Waals surface area (Å²) in [5.41, 5.74) is 0. The van der Waals surface area contributed by atoms with Crippen LogP contribution in [0.1, 0.15) is 0 Å². The van der Waals surface area contributed by atoms with Crippen LogP contribution in [-0.2, 0) is 9.72 Å². The van der Waals surface area contributed by atoms with Gasteiger partial charge < -0.3 is 4.65 Å². The van der Waals surface area contributed by atoms with E-state index in [0.717, 1.165) is 0 Å². The zero-order valence-corrected chi connectivity index (χ0v) is 7.45. The molecule has 0 saturated heterocycles. The maximum Gasteiger partial charge on any atom is 0.778 e. The van der Waals surface area contributed by atoms with E-state index in [9.17, 15) is 31.0 Å². The summed E-state index contributed by atoms with van der Waals surface area (Å²) in [6.45, 7) is 0. The summed E-state index contributed by atoms with van der Waals surface area (Å²) in [4.78, 5) is 5.06. The van der Waals surface area contributed by atoms with Gasteiger partial charge in [-0.25, -0.2) is 13.2 Å². The maximum absolute atomic E-state index is 12.8. The number of benzene rings is 1. The third kappa shape index (κ3) is 2.44. The van der Waals surface area contributed by atoms with Gasteiger partial charge in [0, 0.05) is 0 Å². The molecule has 0 heterocycles. The van der Waals surface area contributed by atoms with Crippen LogP contribution in [0.5, 0.6) is 5.75 Å². The van der Waals surface area contributed by atoms with Gasteiger partial charge in [0.05, 0.1) is 0 Å². The Morgan fingerprint density at radius 2 is 1.00 bits per heavy atom. The molecule has 1 aromatic rings. The van der Waals surface area contributed by atoms with E-state index in [1.165, 1.54) is 0 Å². The summed E-state index contributed by atoms with van der Waals surface area (Å²) < 4.78 is 89.7. The minimum Gasteiger partial charge on any atom is -0.504 e. The number of rotatable bonds is 4. The van der Waals surface area contributed by atoms with Crippen molar-refractivity contribution in [2.24, 2.45) is 0 Å². The molecule has 17 heavy (non-hydrogen) atoms. The van der Waals surface area contributed by atoms with Gasteiger partial charge in [-0.15, -0.1) is 0 Å². The third-order valence-corrected chi connectivity index (χ3v) is 1.53. The Morgan fingerprint density at radius 3 is 1.35 bits per heavy atom. The van der Waals surface area contributed by atoms with Crippen molar-refractivity contribution in [2.45, 2.75) is 0 Å². The van der Waals surface area contributed by atoms with Crippen LogP contribution in [0.2, 0.25) is 0 Å². The zero-order valence-electron chi connectivity index (χ0n) is 7.45. The zero-order chi connectivity index (χ0) is 13.2. The highest BCUT2D eigenvalue weighted by molar-refractivity contribution is 6.36. The van der Waals surface area contributed by atoms with Crippen molar-refractivity contribution in [1.82, 2.24) is 0 Å². The lowest BCUT2D eigenvalue weighted by atomic mass is 10.2. The van der Waals surface area contributed by atoms with Crippen molar-refractivity contribution in [1.29, 1.82) is 0 Å². The Hall–Kier alpha value is -1.49. The molecule has 0 spiro atoms. The molecule has 1 aromatic carbocycles. The molecule has 0 fully saturated rings. The molecule has 0 amide bonds. The number of halogens is 7. The molecule has 0 saturated carbocycles. The Bertz CT molecular complexity index is 396. The Labute approximate surface area is 88.7 Å². The molecule has 0 aliphatic rings. The maximum atomic E-state index is 12.8. The standard InChI is InChI=1S/C6BF7O3/c8-1-2(9)4(11)6(5(12)3(1)10)15-7(16-13)17-14. The molecular weight excluding hydrogens is 264 g/mol. The van der Waals surface area contributed by atoms with Gasteiger partial charge in [-0.2, -0.15) is 18.5 Å². The molecule has 0 aromatic heterocycles. The van der Waals surface area contributed by atoms with Crippen LogP contribution in [0.25, 0.3) is 0 Å². The molecule has 0 unspecified atom stereocenters. The van der Waals surface area contributed by atoms with E-state index < -0.39 is 42.2 Å². The second-order valence-corrected chi connectivity index (χ2v) is 2.48. The number of hydrogen-bond donors (Lipinski definition) is 0. The predicted molar refractivity (Wildman–Crippen MR) is 37.0 cm³/mol. The molecule has 0 aliphatic heterocycles. The fourth-order valence-corrected chi connectivity index (χ4v) is 0.835. The van der Waals surface area contributed by atoms with Crippen molar-refractivity contribution in [3.8, 4) is 5.75 Å². The molecule has 94 valence electrons. The summed E-state index contributed by atoms with van der Waals surface area (Å²) in [6.07, 6.45) is 0. The summed E-state index contributed by atoms with van der Waals surface area (Å²) in [6, 6.07) is 0. The summed E-state index contributed by atoms with van der Waals surface area (Å²) in [5.74, 6) is -14.0. The van der Waals surface area contributed by atoms with Gasteiger partial charge in [0.25, 0.3) is 0 Å². The van der Waals surface area contributed by atoms with Gasteiger partial charge >= 0.3 is 7.32 Å². The van der Waals surface area contributed by atoms with Crippen LogP contribution in [0.15, 0.2) is 0 Å². The summed E-state index contributed by atoms with van der Waals surface area (Å²) >= 11 is 0. The topological polar surface area (TPSA) is 27.7 Å². The van der Waals surface area contributed by atoms with Crippen molar-refractivity contribution in [3.63, 3.8) is 0 Å². The van der Waals surface area contributed by atoms with Crippen molar-refractivity contribution in [3.05, 3.63) is 29.1 Å². The first-order chi connectivity index (χ1) is 7.93. The molecule has 3 nitrogen and oxygen atoms in total. The Morgan fingerprint density at radius 1 is 0.647 bits per heavy atom. The first-order valence-electron chi connectivity index (χ1n) is 3.66. The van der Waals surface area contributed by atoms with Gasteiger partial charge in [0.2, 0.25) is 29.1 Å². The van der Waals surface area contributed by atoms with E-state index >= 15 is 0 Å². The van der Waals surface area contributed by atoms with Crippen LogP contribution < -0.4 is 4.65 Å². The SMILES string of the molecule is FOB(OF)Oc1c(F)c(F)c(F)c(F)c1F. The lowest BCUT2D eigenvalue weighted by Crippen LogP contribution is -2.26. The molecular formula is C6BF7O3. The molecule has 1 rings (SSSR count). The highest BCUT2D eigenvalue weighted by Gasteiger charge is 2.34. The third-order valence-electron chi connectivity index (χ3n) is 1.53. The molecule has 0 aliphatic carbocycles. The fraction of sp³-hybridized carbons (Fsp3) is 0. The quantitative estimate of drug-likeness (QED) is 0.362. The lowest BCUT2D eigenvalue weighted by Gasteiger charge is -2.10. The average molecular weight is 264 g/mol. The molecule has 0 bridgehead atoms. The molecule has 0 radical (unpaired) electrons. The summed E-state index contributed by atoms with van der Waals surface area (Å²) in [5, 5.41) is 0. The van der Waals surface area contributed by atoms with Gasteiger partial charge in [-0.05, 0) is 0 Å². The minimum atomic E-state index is -2.93. The van der Waals surface area contributed by atoms with Gasteiger partial charge in [0.15, 0.2) is 5.75 Å². The minimum absolute atomic E-state index is 1.94. The smallest absolute Gasteiger partial charge is 0.504 e. The fourth-order valence-electron chi connectivity index (χ4n) is 0.835. The Kier molecular flexibility index (Phi) is 4.18. The van der Waals surface area contributed by atoms with Crippen LogP contribution in [-0.4, -0.2) is 7.32 Å². The van der Waals surface area contributed by atoms with Gasteiger partial charge in [-0.3, -0.25) is 0 Å². The van der Waals surface area contributed by atoms with Gasteiger partial charge in [-0.1, -0.05) is 9.05 Å². The van der Waals surface area contributed by atoms with Crippen molar-refractivity contribution < 1.29 is 45.4 Å². The van der Waals surface area contributed by atoms with E-state index in [4.69, 9.17) is 0 Å².